The van der Waals surface area contributed by atoms with Crippen LogP contribution in [-0.4, -0.2) is 66.6 Å². The normalized spacial score (nSPS) is 20.2. The van der Waals surface area contributed by atoms with Gasteiger partial charge in [0, 0.05) is 50.9 Å². The Morgan fingerprint density at radius 1 is 0.903 bits per heavy atom. The molecule has 4 rings (SSSR count). The Kier molecular flexibility index (Phi) is 5.86. The molecule has 0 radical (unpaired) electrons. The van der Waals surface area contributed by atoms with E-state index in [2.05, 4.69) is 0 Å². The molecule has 1 unspecified atom stereocenters. The van der Waals surface area contributed by atoms with Crippen molar-refractivity contribution < 1.29 is 27.5 Å². The highest BCUT2D eigenvalue weighted by molar-refractivity contribution is 5.96. The van der Waals surface area contributed by atoms with E-state index in [1.165, 1.54) is 0 Å². The smallest absolute Gasteiger partial charge is 0.457 e. The lowest BCUT2D eigenvalue weighted by molar-refractivity contribution is -0.187. The van der Waals surface area contributed by atoms with E-state index in [-0.39, 0.29) is 25.0 Å². The van der Waals surface area contributed by atoms with Crippen LogP contribution in [-0.2, 0) is 9.59 Å². The molecule has 2 heterocycles. The Bertz CT molecular complexity index is 927. The summed E-state index contributed by atoms with van der Waals surface area (Å²) in [6.07, 6.45) is -4.55. The lowest BCUT2D eigenvalue weighted by atomic mass is 10.2. The van der Waals surface area contributed by atoms with Crippen molar-refractivity contribution in [1.29, 1.82) is 0 Å². The lowest BCUT2D eigenvalue weighted by Crippen LogP contribution is -2.55. The number of halogens is 3. The molecule has 0 spiro atoms. The first-order valence-electron chi connectivity index (χ1n) is 10.0. The third-order valence-corrected chi connectivity index (χ3v) is 5.59. The van der Waals surface area contributed by atoms with E-state index in [0.717, 1.165) is 16.3 Å². The van der Waals surface area contributed by atoms with Crippen molar-refractivity contribution >= 4 is 17.5 Å². The molecule has 6 nitrogen and oxygen atoms in total. The molecule has 2 aromatic rings. The molecule has 0 aromatic heterocycles. The minimum Gasteiger partial charge on any atom is -0.457 e. The summed E-state index contributed by atoms with van der Waals surface area (Å²) in [6, 6.07) is 16.5. The molecule has 2 aliphatic heterocycles. The highest BCUT2D eigenvalue weighted by Crippen LogP contribution is 2.29. The van der Waals surface area contributed by atoms with Crippen LogP contribution < -0.4 is 9.64 Å². The van der Waals surface area contributed by atoms with Crippen LogP contribution in [0.5, 0.6) is 11.5 Å². The zero-order chi connectivity index (χ0) is 22.0. The summed E-state index contributed by atoms with van der Waals surface area (Å²) in [5.74, 6) is -0.455. The van der Waals surface area contributed by atoms with E-state index in [1.54, 1.807) is 17.0 Å². The topological polar surface area (TPSA) is 53.1 Å². The van der Waals surface area contributed by atoms with Crippen LogP contribution in [0.15, 0.2) is 54.6 Å². The Morgan fingerprint density at radius 2 is 1.52 bits per heavy atom. The summed E-state index contributed by atoms with van der Waals surface area (Å²) in [6.45, 7) is 1.11. The quantitative estimate of drug-likeness (QED) is 0.743. The lowest BCUT2D eigenvalue weighted by Gasteiger charge is -2.37. The van der Waals surface area contributed by atoms with E-state index < -0.39 is 12.1 Å². The monoisotopic (exact) mass is 433 g/mol. The predicted octanol–water partition coefficient (Wildman–Crippen LogP) is 3.29. The first kappa shape index (κ1) is 21.2. The number of para-hydroxylation sites is 1. The largest absolute Gasteiger partial charge is 0.471 e. The van der Waals surface area contributed by atoms with Crippen molar-refractivity contribution in [2.45, 2.75) is 18.6 Å². The number of hydrogen-bond acceptors (Lipinski definition) is 4. The number of ether oxygens (including phenoxy) is 1. The second-order valence-electron chi connectivity index (χ2n) is 7.60. The summed E-state index contributed by atoms with van der Waals surface area (Å²) in [5.41, 5.74) is 0.749. The summed E-state index contributed by atoms with van der Waals surface area (Å²) in [7, 11) is 0. The third-order valence-electron chi connectivity index (χ3n) is 5.59. The van der Waals surface area contributed by atoms with Crippen LogP contribution in [0.1, 0.15) is 6.42 Å². The second kappa shape index (κ2) is 8.58. The minimum atomic E-state index is -4.85. The SMILES string of the molecule is O=C1CC(N2CCN(C(=O)C(F)(F)F)CC2)CN1c1ccc(Oc2ccccc2)cc1. The molecule has 2 saturated heterocycles. The van der Waals surface area contributed by atoms with Gasteiger partial charge < -0.3 is 14.5 Å². The fourth-order valence-corrected chi connectivity index (χ4v) is 3.97. The molecule has 2 fully saturated rings. The molecule has 0 N–H and O–H groups in total. The van der Waals surface area contributed by atoms with Crippen LogP contribution in [0.4, 0.5) is 18.9 Å². The molecule has 2 amide bonds. The molecular formula is C22H22F3N3O3. The number of hydrogen-bond donors (Lipinski definition) is 0. The van der Waals surface area contributed by atoms with Gasteiger partial charge in [-0.1, -0.05) is 18.2 Å². The Morgan fingerprint density at radius 3 is 2.13 bits per heavy atom. The Balaban J connectivity index is 1.34. The van der Waals surface area contributed by atoms with E-state index >= 15 is 0 Å². The number of anilines is 1. The number of carbonyl (C=O) groups excluding carboxylic acids is 2. The van der Waals surface area contributed by atoms with Gasteiger partial charge in [0.15, 0.2) is 0 Å². The maximum absolute atomic E-state index is 12.6. The molecule has 0 bridgehead atoms. The Labute approximate surface area is 177 Å². The molecule has 2 aromatic carbocycles. The standard InChI is InChI=1S/C22H22F3N3O3/c23-22(24,25)21(30)27-12-10-26(11-13-27)17-14-20(29)28(15-17)16-6-8-19(9-7-16)31-18-4-2-1-3-5-18/h1-9,17H,10-15H2. The van der Waals surface area contributed by atoms with E-state index in [4.69, 9.17) is 4.74 Å². The van der Waals surface area contributed by atoms with Crippen molar-refractivity contribution in [2.24, 2.45) is 0 Å². The van der Waals surface area contributed by atoms with Crippen LogP contribution in [0.3, 0.4) is 0 Å². The van der Waals surface area contributed by atoms with Gasteiger partial charge in [-0.25, -0.2) is 0 Å². The predicted molar refractivity (Wildman–Crippen MR) is 108 cm³/mol. The summed E-state index contributed by atoms with van der Waals surface area (Å²) < 4.78 is 43.6. The average molecular weight is 433 g/mol. The highest BCUT2D eigenvalue weighted by Gasteiger charge is 2.44. The van der Waals surface area contributed by atoms with Crippen molar-refractivity contribution in [2.75, 3.05) is 37.6 Å². The minimum absolute atomic E-state index is 0.00849. The van der Waals surface area contributed by atoms with Crippen LogP contribution in [0.25, 0.3) is 0 Å². The number of carbonyl (C=O) groups is 2. The van der Waals surface area contributed by atoms with Gasteiger partial charge in [0.2, 0.25) is 5.91 Å². The van der Waals surface area contributed by atoms with E-state index in [9.17, 15) is 22.8 Å². The zero-order valence-corrected chi connectivity index (χ0v) is 16.7. The van der Waals surface area contributed by atoms with Crippen LogP contribution in [0.2, 0.25) is 0 Å². The van der Waals surface area contributed by atoms with Crippen molar-refractivity contribution in [3.05, 3.63) is 54.6 Å². The van der Waals surface area contributed by atoms with E-state index in [1.807, 2.05) is 47.4 Å². The van der Waals surface area contributed by atoms with Gasteiger partial charge in [0.25, 0.3) is 0 Å². The maximum Gasteiger partial charge on any atom is 0.471 e. The number of alkyl halides is 3. The molecule has 1 atom stereocenters. The van der Waals surface area contributed by atoms with Gasteiger partial charge in [-0.05, 0) is 36.4 Å². The number of piperazine rings is 1. The number of rotatable bonds is 4. The first-order chi connectivity index (χ1) is 14.8. The number of nitrogens with zero attached hydrogens (tertiary/aromatic N) is 3. The van der Waals surface area contributed by atoms with Gasteiger partial charge in [-0.15, -0.1) is 0 Å². The summed E-state index contributed by atoms with van der Waals surface area (Å²) in [4.78, 5) is 28.5. The van der Waals surface area contributed by atoms with Gasteiger partial charge in [0.1, 0.15) is 11.5 Å². The summed E-state index contributed by atoms with van der Waals surface area (Å²) >= 11 is 0. The van der Waals surface area contributed by atoms with E-state index in [0.29, 0.717) is 31.8 Å². The fraction of sp³-hybridized carbons (Fsp3) is 0.364. The molecule has 9 heteroatoms. The average Bonchev–Trinajstić information content (AvgIpc) is 3.15. The summed E-state index contributed by atoms with van der Waals surface area (Å²) in [5, 5.41) is 0. The van der Waals surface area contributed by atoms with Crippen molar-refractivity contribution in [1.82, 2.24) is 9.80 Å². The second-order valence-corrected chi connectivity index (χ2v) is 7.60. The van der Waals surface area contributed by atoms with Crippen molar-refractivity contribution in [3.63, 3.8) is 0 Å². The molecule has 31 heavy (non-hydrogen) atoms. The maximum atomic E-state index is 12.6. The van der Waals surface area contributed by atoms with Gasteiger partial charge in [-0.3, -0.25) is 14.5 Å². The van der Waals surface area contributed by atoms with Gasteiger partial charge in [-0.2, -0.15) is 13.2 Å². The Hall–Kier alpha value is -3.07. The number of benzene rings is 2. The highest BCUT2D eigenvalue weighted by atomic mass is 19.4. The fourth-order valence-electron chi connectivity index (χ4n) is 3.97. The van der Waals surface area contributed by atoms with Crippen LogP contribution >= 0.6 is 0 Å². The number of amides is 2. The zero-order valence-electron chi connectivity index (χ0n) is 16.7. The molecule has 0 aliphatic carbocycles. The van der Waals surface area contributed by atoms with Crippen LogP contribution in [0, 0.1) is 0 Å². The molecule has 2 aliphatic rings. The third kappa shape index (κ3) is 4.82. The van der Waals surface area contributed by atoms with Gasteiger partial charge in [0.05, 0.1) is 0 Å². The molecular weight excluding hydrogens is 411 g/mol. The van der Waals surface area contributed by atoms with Crippen molar-refractivity contribution in [3.8, 4) is 11.5 Å². The molecule has 164 valence electrons. The molecule has 0 saturated carbocycles. The van der Waals surface area contributed by atoms with Gasteiger partial charge >= 0.3 is 12.1 Å². The first-order valence-corrected chi connectivity index (χ1v) is 10.0.